The second-order valence-corrected chi connectivity index (χ2v) is 4.64. The molecule has 0 saturated heterocycles. The van der Waals surface area contributed by atoms with Gasteiger partial charge in [-0.3, -0.25) is 4.79 Å². The van der Waals surface area contributed by atoms with Gasteiger partial charge in [0.15, 0.2) is 0 Å². The molecular formula is C14H19ClN2O. The number of hydrogen-bond donors (Lipinski definition) is 2. The van der Waals surface area contributed by atoms with Crippen LogP contribution in [0.25, 0.3) is 0 Å². The van der Waals surface area contributed by atoms with Gasteiger partial charge in [0.05, 0.1) is 10.7 Å². The zero-order chi connectivity index (χ0) is 13.5. The third kappa shape index (κ3) is 4.51. The van der Waals surface area contributed by atoms with E-state index in [1.54, 1.807) is 6.08 Å². The van der Waals surface area contributed by atoms with E-state index in [1.165, 1.54) is 0 Å². The van der Waals surface area contributed by atoms with E-state index in [0.29, 0.717) is 30.2 Å². The van der Waals surface area contributed by atoms with Gasteiger partial charge in [-0.25, -0.2) is 0 Å². The van der Waals surface area contributed by atoms with Crippen molar-refractivity contribution in [3.63, 3.8) is 0 Å². The Morgan fingerprint density at radius 3 is 2.78 bits per heavy atom. The molecular weight excluding hydrogens is 248 g/mol. The Balaban J connectivity index is 2.56. The maximum atomic E-state index is 11.7. The van der Waals surface area contributed by atoms with Crippen LogP contribution in [0, 0.1) is 13.8 Å². The van der Waals surface area contributed by atoms with Crippen LogP contribution in [0.4, 0.5) is 5.69 Å². The fraction of sp³-hybridized carbons (Fsp3) is 0.357. The Kier molecular flexibility index (Phi) is 5.89. The number of amides is 1. The van der Waals surface area contributed by atoms with E-state index in [4.69, 9.17) is 11.6 Å². The van der Waals surface area contributed by atoms with Crippen LogP contribution in [0.1, 0.15) is 17.5 Å². The van der Waals surface area contributed by atoms with Crippen LogP contribution < -0.4 is 10.6 Å². The molecule has 0 aliphatic heterocycles. The van der Waals surface area contributed by atoms with Gasteiger partial charge >= 0.3 is 0 Å². The summed E-state index contributed by atoms with van der Waals surface area (Å²) in [4.78, 5) is 11.7. The molecule has 3 nitrogen and oxygen atoms in total. The summed E-state index contributed by atoms with van der Waals surface area (Å²) in [6.45, 7) is 8.84. The lowest BCUT2D eigenvalue weighted by Gasteiger charge is -2.11. The molecule has 0 aromatic heterocycles. The monoisotopic (exact) mass is 266 g/mol. The third-order valence-corrected chi connectivity index (χ3v) is 2.81. The molecule has 1 aromatic rings. The van der Waals surface area contributed by atoms with E-state index >= 15 is 0 Å². The first kappa shape index (κ1) is 14.7. The minimum absolute atomic E-state index is 0.0413. The minimum atomic E-state index is -0.0413. The number of anilines is 1. The first-order valence-corrected chi connectivity index (χ1v) is 6.30. The van der Waals surface area contributed by atoms with E-state index in [9.17, 15) is 4.79 Å². The molecule has 18 heavy (non-hydrogen) atoms. The molecule has 0 fully saturated rings. The van der Waals surface area contributed by atoms with Crippen molar-refractivity contribution in [2.45, 2.75) is 20.3 Å². The minimum Gasteiger partial charge on any atom is -0.325 e. The van der Waals surface area contributed by atoms with Crippen molar-refractivity contribution in [2.75, 3.05) is 18.4 Å². The van der Waals surface area contributed by atoms with E-state index in [1.807, 2.05) is 26.0 Å². The molecule has 0 unspecified atom stereocenters. The van der Waals surface area contributed by atoms with Gasteiger partial charge in [-0.05, 0) is 31.0 Å². The van der Waals surface area contributed by atoms with Crippen molar-refractivity contribution in [3.05, 3.63) is 40.9 Å². The number of carbonyl (C=O) groups is 1. The smallest absolute Gasteiger partial charge is 0.225 e. The van der Waals surface area contributed by atoms with Gasteiger partial charge in [-0.2, -0.15) is 0 Å². The average molecular weight is 267 g/mol. The van der Waals surface area contributed by atoms with Crippen LogP contribution in [-0.2, 0) is 4.79 Å². The normalized spacial score (nSPS) is 10.2. The van der Waals surface area contributed by atoms with E-state index in [-0.39, 0.29) is 5.91 Å². The van der Waals surface area contributed by atoms with Crippen molar-refractivity contribution in [1.29, 1.82) is 0 Å². The number of aryl methyl sites for hydroxylation is 2. The first-order chi connectivity index (χ1) is 8.54. The summed E-state index contributed by atoms with van der Waals surface area (Å²) in [5.41, 5.74) is 2.77. The highest BCUT2D eigenvalue weighted by atomic mass is 35.5. The molecule has 0 bridgehead atoms. The summed E-state index contributed by atoms with van der Waals surface area (Å²) in [5, 5.41) is 6.51. The fourth-order valence-electron chi connectivity index (χ4n) is 1.68. The molecule has 1 aromatic carbocycles. The molecule has 0 aliphatic rings. The predicted octanol–water partition coefficient (Wildman–Crippen LogP) is 3.06. The van der Waals surface area contributed by atoms with Crippen molar-refractivity contribution in [3.8, 4) is 0 Å². The Hall–Kier alpha value is -1.32. The average Bonchev–Trinajstić information content (AvgIpc) is 2.29. The molecule has 98 valence electrons. The summed E-state index contributed by atoms with van der Waals surface area (Å²) in [6.07, 6.45) is 2.18. The molecule has 0 aliphatic carbocycles. The first-order valence-electron chi connectivity index (χ1n) is 5.92. The summed E-state index contributed by atoms with van der Waals surface area (Å²) < 4.78 is 0. The molecule has 2 N–H and O–H groups in total. The van der Waals surface area contributed by atoms with Gasteiger partial charge < -0.3 is 10.6 Å². The molecule has 0 spiro atoms. The van der Waals surface area contributed by atoms with E-state index < -0.39 is 0 Å². The Morgan fingerprint density at radius 1 is 1.44 bits per heavy atom. The SMILES string of the molecule is C=CCNCCC(=O)Nc1c(C)cc(C)cc1Cl. The second-order valence-electron chi connectivity index (χ2n) is 4.23. The lowest BCUT2D eigenvalue weighted by molar-refractivity contribution is -0.116. The summed E-state index contributed by atoms with van der Waals surface area (Å²) in [5.74, 6) is -0.0413. The summed E-state index contributed by atoms with van der Waals surface area (Å²) >= 11 is 6.12. The molecule has 1 amide bonds. The maximum absolute atomic E-state index is 11.7. The van der Waals surface area contributed by atoms with E-state index in [2.05, 4.69) is 17.2 Å². The van der Waals surface area contributed by atoms with Crippen molar-refractivity contribution in [2.24, 2.45) is 0 Å². The molecule has 0 atom stereocenters. The molecule has 0 heterocycles. The number of halogens is 1. The van der Waals surface area contributed by atoms with Crippen LogP contribution in [0.15, 0.2) is 24.8 Å². The molecule has 0 saturated carbocycles. The van der Waals surface area contributed by atoms with Crippen LogP contribution >= 0.6 is 11.6 Å². The maximum Gasteiger partial charge on any atom is 0.225 e. The fourth-order valence-corrected chi connectivity index (χ4v) is 2.05. The predicted molar refractivity (Wildman–Crippen MR) is 77.2 cm³/mol. The summed E-state index contributed by atoms with van der Waals surface area (Å²) in [7, 11) is 0. The van der Waals surface area contributed by atoms with Gasteiger partial charge in [0.1, 0.15) is 0 Å². The lowest BCUT2D eigenvalue weighted by atomic mass is 10.1. The van der Waals surface area contributed by atoms with E-state index in [0.717, 1.165) is 11.1 Å². The Bertz CT molecular complexity index is 420. The van der Waals surface area contributed by atoms with Crippen molar-refractivity contribution in [1.82, 2.24) is 5.32 Å². The standard InChI is InChI=1S/C14H19ClN2O/c1-4-6-16-7-5-13(18)17-14-11(3)8-10(2)9-12(14)15/h4,8-9,16H,1,5-7H2,2-3H3,(H,17,18). The highest BCUT2D eigenvalue weighted by Crippen LogP contribution is 2.27. The number of nitrogens with one attached hydrogen (secondary N) is 2. The van der Waals surface area contributed by atoms with Crippen LogP contribution in [0.2, 0.25) is 5.02 Å². The van der Waals surface area contributed by atoms with Gasteiger partial charge in [-0.1, -0.05) is 23.7 Å². The van der Waals surface area contributed by atoms with Crippen molar-refractivity contribution < 1.29 is 4.79 Å². The topological polar surface area (TPSA) is 41.1 Å². The Morgan fingerprint density at radius 2 is 2.17 bits per heavy atom. The number of rotatable bonds is 6. The van der Waals surface area contributed by atoms with Gasteiger partial charge in [-0.15, -0.1) is 6.58 Å². The molecule has 1 rings (SSSR count). The van der Waals surface area contributed by atoms with Gasteiger partial charge in [0.25, 0.3) is 0 Å². The zero-order valence-corrected chi connectivity index (χ0v) is 11.6. The highest BCUT2D eigenvalue weighted by Gasteiger charge is 2.08. The Labute approximate surface area is 113 Å². The highest BCUT2D eigenvalue weighted by molar-refractivity contribution is 6.34. The lowest BCUT2D eigenvalue weighted by Crippen LogP contribution is -2.22. The molecule has 4 heteroatoms. The molecule has 0 radical (unpaired) electrons. The van der Waals surface area contributed by atoms with Crippen molar-refractivity contribution >= 4 is 23.2 Å². The van der Waals surface area contributed by atoms with Crippen LogP contribution in [0.3, 0.4) is 0 Å². The number of benzene rings is 1. The third-order valence-electron chi connectivity index (χ3n) is 2.51. The second kappa shape index (κ2) is 7.19. The number of carbonyl (C=O) groups excluding carboxylic acids is 1. The quantitative estimate of drug-likeness (QED) is 0.614. The number of hydrogen-bond acceptors (Lipinski definition) is 2. The van der Waals surface area contributed by atoms with Crippen LogP contribution in [0.5, 0.6) is 0 Å². The summed E-state index contributed by atoms with van der Waals surface area (Å²) in [6, 6.07) is 3.84. The zero-order valence-electron chi connectivity index (χ0n) is 10.8. The largest absolute Gasteiger partial charge is 0.325 e. The van der Waals surface area contributed by atoms with Crippen LogP contribution in [-0.4, -0.2) is 19.0 Å². The van der Waals surface area contributed by atoms with Gasteiger partial charge in [0, 0.05) is 19.5 Å². The van der Waals surface area contributed by atoms with Gasteiger partial charge in [0.2, 0.25) is 5.91 Å².